The third kappa shape index (κ3) is 3.84. The average molecular weight is 371 g/mol. The Morgan fingerprint density at radius 3 is 2.37 bits per heavy atom. The predicted molar refractivity (Wildman–Crippen MR) is 97.0 cm³/mol. The summed E-state index contributed by atoms with van der Waals surface area (Å²) in [6, 6.07) is 10.1. The van der Waals surface area contributed by atoms with Gasteiger partial charge in [0.2, 0.25) is 0 Å². The molecule has 1 aliphatic heterocycles. The molecule has 1 aromatic carbocycles. The Bertz CT molecular complexity index is 886. The van der Waals surface area contributed by atoms with E-state index in [1.807, 2.05) is 6.07 Å². The molecule has 2 aromatic rings. The van der Waals surface area contributed by atoms with Crippen molar-refractivity contribution in [1.82, 2.24) is 14.7 Å². The first-order valence-corrected chi connectivity index (χ1v) is 8.66. The van der Waals surface area contributed by atoms with Gasteiger partial charge in [-0.2, -0.15) is 9.78 Å². The minimum Gasteiger partial charge on any atom is -0.494 e. The number of methoxy groups -OCH3 is 2. The van der Waals surface area contributed by atoms with Gasteiger partial charge in [-0.25, -0.2) is 0 Å². The van der Waals surface area contributed by atoms with Crippen LogP contribution in [0.1, 0.15) is 23.3 Å². The Balaban J connectivity index is 1.88. The van der Waals surface area contributed by atoms with E-state index in [1.54, 1.807) is 29.2 Å². The van der Waals surface area contributed by atoms with Gasteiger partial charge in [-0.3, -0.25) is 14.4 Å². The van der Waals surface area contributed by atoms with E-state index in [9.17, 15) is 14.4 Å². The van der Waals surface area contributed by atoms with Crippen LogP contribution in [0.3, 0.4) is 0 Å². The molecule has 1 saturated heterocycles. The van der Waals surface area contributed by atoms with Gasteiger partial charge in [0, 0.05) is 13.1 Å². The van der Waals surface area contributed by atoms with Crippen LogP contribution in [0.2, 0.25) is 0 Å². The summed E-state index contributed by atoms with van der Waals surface area (Å²) in [6.45, 7) is 0.821. The summed E-state index contributed by atoms with van der Waals surface area (Å²) in [5, 5.41) is 4.26. The molecule has 0 atom stereocenters. The van der Waals surface area contributed by atoms with Crippen LogP contribution in [0, 0.1) is 5.92 Å². The number of carbonyl (C=O) groups is 2. The molecule has 0 aliphatic carbocycles. The number of amides is 1. The fourth-order valence-corrected chi connectivity index (χ4v) is 3.13. The van der Waals surface area contributed by atoms with E-state index in [0.717, 1.165) is 0 Å². The highest BCUT2D eigenvalue weighted by molar-refractivity contribution is 5.95. The molecule has 0 saturated carbocycles. The van der Waals surface area contributed by atoms with Gasteiger partial charge < -0.3 is 14.4 Å². The molecule has 0 N–H and O–H groups in total. The lowest BCUT2D eigenvalue weighted by atomic mass is 9.97. The van der Waals surface area contributed by atoms with E-state index >= 15 is 0 Å². The summed E-state index contributed by atoms with van der Waals surface area (Å²) in [6.07, 6.45) is 1.05. The molecule has 0 bridgehead atoms. The van der Waals surface area contributed by atoms with E-state index in [1.165, 1.54) is 25.0 Å². The minimum absolute atomic E-state index is 0.0671. The molecule has 1 amide bonds. The second kappa shape index (κ2) is 8.03. The molecule has 1 fully saturated rings. The van der Waals surface area contributed by atoms with Crippen LogP contribution >= 0.6 is 0 Å². The van der Waals surface area contributed by atoms with Gasteiger partial charge in [0.15, 0.2) is 11.4 Å². The maximum Gasteiger partial charge on any atom is 0.308 e. The summed E-state index contributed by atoms with van der Waals surface area (Å²) >= 11 is 0. The molecule has 142 valence electrons. The summed E-state index contributed by atoms with van der Waals surface area (Å²) in [5.41, 5.74) is 0.236. The molecule has 8 heteroatoms. The molecule has 3 rings (SSSR count). The van der Waals surface area contributed by atoms with Crippen LogP contribution in [0.5, 0.6) is 5.75 Å². The Morgan fingerprint density at radius 2 is 1.78 bits per heavy atom. The molecule has 8 nitrogen and oxygen atoms in total. The fraction of sp³-hybridized carbons (Fsp3) is 0.368. The number of esters is 1. The molecule has 0 spiro atoms. The highest BCUT2D eigenvalue weighted by atomic mass is 16.5. The second-order valence-electron chi connectivity index (χ2n) is 6.24. The zero-order valence-electron chi connectivity index (χ0n) is 15.3. The van der Waals surface area contributed by atoms with E-state index < -0.39 is 0 Å². The van der Waals surface area contributed by atoms with Crippen molar-refractivity contribution >= 4 is 11.9 Å². The van der Waals surface area contributed by atoms with Crippen LogP contribution in [-0.4, -0.2) is 53.9 Å². The number of hydrogen-bond acceptors (Lipinski definition) is 6. The van der Waals surface area contributed by atoms with Crippen LogP contribution in [0.15, 0.2) is 41.2 Å². The highest BCUT2D eigenvalue weighted by Crippen LogP contribution is 2.22. The van der Waals surface area contributed by atoms with Crippen LogP contribution in [0.25, 0.3) is 5.69 Å². The van der Waals surface area contributed by atoms with Crippen molar-refractivity contribution in [2.75, 3.05) is 27.3 Å². The van der Waals surface area contributed by atoms with E-state index in [0.29, 0.717) is 31.6 Å². The molecule has 0 radical (unpaired) electrons. The maximum atomic E-state index is 13.0. The first-order chi connectivity index (χ1) is 13.0. The van der Waals surface area contributed by atoms with Crippen molar-refractivity contribution in [1.29, 1.82) is 0 Å². The monoisotopic (exact) mass is 371 g/mol. The fourth-order valence-electron chi connectivity index (χ4n) is 3.13. The van der Waals surface area contributed by atoms with Crippen LogP contribution in [-0.2, 0) is 9.53 Å². The lowest BCUT2D eigenvalue weighted by Crippen LogP contribution is -2.41. The number of benzene rings is 1. The second-order valence-corrected chi connectivity index (χ2v) is 6.24. The van der Waals surface area contributed by atoms with Crippen molar-refractivity contribution in [3.05, 3.63) is 52.4 Å². The van der Waals surface area contributed by atoms with Gasteiger partial charge in [-0.05, 0) is 25.0 Å². The molecule has 0 unspecified atom stereocenters. The topological polar surface area (TPSA) is 90.7 Å². The van der Waals surface area contributed by atoms with Crippen molar-refractivity contribution in [2.45, 2.75) is 12.8 Å². The molecule has 27 heavy (non-hydrogen) atoms. The normalized spacial score (nSPS) is 14.7. The van der Waals surface area contributed by atoms with E-state index in [4.69, 9.17) is 9.47 Å². The summed E-state index contributed by atoms with van der Waals surface area (Å²) in [7, 11) is 2.75. The number of para-hydroxylation sites is 1. The lowest BCUT2D eigenvalue weighted by Gasteiger charge is -2.30. The van der Waals surface area contributed by atoms with Gasteiger partial charge in [0.1, 0.15) is 0 Å². The molecule has 1 aliphatic rings. The number of piperidine rings is 1. The molecule has 2 heterocycles. The summed E-state index contributed by atoms with van der Waals surface area (Å²) < 4.78 is 11.2. The average Bonchev–Trinajstić information content (AvgIpc) is 2.73. The quantitative estimate of drug-likeness (QED) is 0.752. The lowest BCUT2D eigenvalue weighted by molar-refractivity contribution is -0.146. The number of ether oxygens (including phenoxy) is 2. The Kier molecular flexibility index (Phi) is 5.54. The number of nitrogens with zero attached hydrogens (tertiary/aromatic N) is 3. The van der Waals surface area contributed by atoms with Crippen molar-refractivity contribution in [3.8, 4) is 11.4 Å². The van der Waals surface area contributed by atoms with E-state index in [2.05, 4.69) is 5.10 Å². The minimum atomic E-state index is -0.390. The largest absolute Gasteiger partial charge is 0.494 e. The summed E-state index contributed by atoms with van der Waals surface area (Å²) in [5.74, 6) is -0.658. The number of rotatable bonds is 4. The van der Waals surface area contributed by atoms with E-state index in [-0.39, 0.29) is 34.8 Å². The molecular formula is C19H21N3O5. The zero-order chi connectivity index (χ0) is 19.4. The first kappa shape index (κ1) is 18.6. The number of carbonyl (C=O) groups excluding carboxylic acids is 2. The third-order valence-corrected chi connectivity index (χ3v) is 4.64. The van der Waals surface area contributed by atoms with Gasteiger partial charge in [-0.15, -0.1) is 0 Å². The van der Waals surface area contributed by atoms with Crippen molar-refractivity contribution in [2.24, 2.45) is 5.92 Å². The Labute approximate surface area is 156 Å². The van der Waals surface area contributed by atoms with Gasteiger partial charge in [0.05, 0.1) is 31.9 Å². The highest BCUT2D eigenvalue weighted by Gasteiger charge is 2.30. The number of aromatic nitrogens is 2. The van der Waals surface area contributed by atoms with Gasteiger partial charge >= 0.3 is 5.97 Å². The zero-order valence-corrected chi connectivity index (χ0v) is 15.3. The Morgan fingerprint density at radius 1 is 1.11 bits per heavy atom. The van der Waals surface area contributed by atoms with Gasteiger partial charge in [-0.1, -0.05) is 18.2 Å². The number of likely N-dealkylation sites (tertiary alicyclic amines) is 1. The van der Waals surface area contributed by atoms with Crippen LogP contribution < -0.4 is 10.3 Å². The predicted octanol–water partition coefficient (Wildman–Crippen LogP) is 1.27. The van der Waals surface area contributed by atoms with Gasteiger partial charge in [0.25, 0.3) is 11.5 Å². The molecular weight excluding hydrogens is 350 g/mol. The van der Waals surface area contributed by atoms with Crippen LogP contribution in [0.4, 0.5) is 0 Å². The molecule has 1 aromatic heterocycles. The number of hydrogen-bond donors (Lipinski definition) is 0. The first-order valence-electron chi connectivity index (χ1n) is 8.66. The van der Waals surface area contributed by atoms with Crippen molar-refractivity contribution < 1.29 is 19.1 Å². The Hall–Kier alpha value is -3.16. The standard InChI is InChI=1S/C19H21N3O5/c1-26-15-12-16(23)22(14-6-4-3-5-7-14)20-17(15)18(24)21-10-8-13(9-11-21)19(25)27-2/h3-7,12-13H,8-11H2,1-2H3. The summed E-state index contributed by atoms with van der Waals surface area (Å²) in [4.78, 5) is 38.6. The maximum absolute atomic E-state index is 13.0. The SMILES string of the molecule is COC(=O)C1CCN(C(=O)c2nn(-c3ccccc3)c(=O)cc2OC)CC1. The van der Waals surface area contributed by atoms with Crippen molar-refractivity contribution in [3.63, 3.8) is 0 Å². The smallest absolute Gasteiger partial charge is 0.308 e. The third-order valence-electron chi connectivity index (χ3n) is 4.64.